The number of rotatable bonds is 6. The van der Waals surface area contributed by atoms with Crippen LogP contribution in [0.25, 0.3) is 20.4 Å². The lowest BCUT2D eigenvalue weighted by Gasteiger charge is -2.27. The molecule has 0 spiro atoms. The summed E-state index contributed by atoms with van der Waals surface area (Å²) in [6.45, 7) is 0.0859. The number of nitrogens with zero attached hydrogens (tertiary/aromatic N) is 6. The van der Waals surface area contributed by atoms with Crippen LogP contribution in [0.3, 0.4) is 0 Å². The number of hydrogen-bond acceptors (Lipinski definition) is 10. The third kappa shape index (κ3) is 4.39. The summed E-state index contributed by atoms with van der Waals surface area (Å²) in [6, 6.07) is 3.82. The van der Waals surface area contributed by atoms with E-state index in [9.17, 15) is 9.59 Å². The van der Waals surface area contributed by atoms with E-state index in [1.165, 1.54) is 26.9 Å². The van der Waals surface area contributed by atoms with Gasteiger partial charge in [0.2, 0.25) is 11.8 Å². The van der Waals surface area contributed by atoms with E-state index in [0.717, 1.165) is 37.4 Å². The molecule has 182 valence electrons. The molecule has 35 heavy (non-hydrogen) atoms. The Balaban J connectivity index is 1.42. The molecule has 1 aliphatic carbocycles. The van der Waals surface area contributed by atoms with Gasteiger partial charge in [0.15, 0.2) is 0 Å². The van der Waals surface area contributed by atoms with E-state index in [-0.39, 0.29) is 24.3 Å². The van der Waals surface area contributed by atoms with Crippen molar-refractivity contribution >= 4 is 66.6 Å². The first-order valence-corrected chi connectivity index (χ1v) is 12.7. The Morgan fingerprint density at radius 1 is 1.23 bits per heavy atom. The average molecular weight is 512 g/mol. The molecule has 0 saturated carbocycles. The number of amides is 2. The lowest BCUT2D eigenvalue weighted by Crippen LogP contribution is -2.41. The van der Waals surface area contributed by atoms with Gasteiger partial charge < -0.3 is 19.9 Å². The van der Waals surface area contributed by atoms with Crippen molar-refractivity contribution in [2.45, 2.75) is 19.3 Å². The molecule has 2 amide bonds. The van der Waals surface area contributed by atoms with Gasteiger partial charge in [-0.15, -0.1) is 16.4 Å². The Morgan fingerprint density at radius 3 is 2.83 bits per heavy atom. The van der Waals surface area contributed by atoms with E-state index < -0.39 is 0 Å². The van der Waals surface area contributed by atoms with Crippen LogP contribution >= 0.6 is 22.9 Å². The molecule has 1 aromatic carbocycles. The predicted octanol–water partition coefficient (Wildman–Crippen LogP) is 3.10. The molecule has 5 rings (SSSR count). The Morgan fingerprint density at radius 2 is 2.06 bits per heavy atom. The minimum atomic E-state index is -0.152. The van der Waals surface area contributed by atoms with Crippen molar-refractivity contribution in [3.63, 3.8) is 0 Å². The zero-order valence-corrected chi connectivity index (χ0v) is 21.5. The summed E-state index contributed by atoms with van der Waals surface area (Å²) >= 11 is 2.93. The molecule has 1 N–H and O–H groups in total. The van der Waals surface area contributed by atoms with E-state index >= 15 is 0 Å². The molecule has 0 bridgehead atoms. The summed E-state index contributed by atoms with van der Waals surface area (Å²) in [4.78, 5) is 39.2. The zero-order chi connectivity index (χ0) is 24.7. The van der Waals surface area contributed by atoms with Crippen LogP contribution in [0.5, 0.6) is 5.75 Å². The molecular weight excluding hydrogens is 486 g/mol. The molecule has 3 heterocycles. The molecular formula is C23H25N7O3S2. The lowest BCUT2D eigenvalue weighted by atomic mass is 9.87. The smallest absolute Gasteiger partial charge is 0.241 e. The SMILES string of the molecule is COc1cc2nnsc2cc1Nc1ncnc2sc3c(c12)CC[C@H](C(=O)N(C)CC(=O)N(C)C)C3. The van der Waals surface area contributed by atoms with E-state index in [1.807, 2.05) is 12.1 Å². The van der Waals surface area contributed by atoms with E-state index in [1.54, 1.807) is 45.9 Å². The number of ether oxygens (including phenoxy) is 1. The highest BCUT2D eigenvalue weighted by molar-refractivity contribution is 7.19. The summed E-state index contributed by atoms with van der Waals surface area (Å²) in [7, 11) is 6.70. The quantitative estimate of drug-likeness (QED) is 0.420. The summed E-state index contributed by atoms with van der Waals surface area (Å²) in [5, 5.41) is 8.54. The molecule has 0 radical (unpaired) electrons. The van der Waals surface area contributed by atoms with Crippen LogP contribution in [-0.2, 0) is 22.4 Å². The van der Waals surface area contributed by atoms with Gasteiger partial charge in [-0.1, -0.05) is 4.49 Å². The number of aromatic nitrogens is 4. The first-order chi connectivity index (χ1) is 16.9. The van der Waals surface area contributed by atoms with Gasteiger partial charge in [0.05, 0.1) is 29.4 Å². The number of anilines is 2. The first-order valence-electron chi connectivity index (χ1n) is 11.1. The van der Waals surface area contributed by atoms with Gasteiger partial charge in [-0.25, -0.2) is 9.97 Å². The zero-order valence-electron chi connectivity index (χ0n) is 19.9. The van der Waals surface area contributed by atoms with Gasteiger partial charge in [0, 0.05) is 38.0 Å². The minimum Gasteiger partial charge on any atom is -0.494 e. The number of methoxy groups -OCH3 is 1. The number of fused-ring (bicyclic) bond motifs is 4. The molecule has 0 unspecified atom stereocenters. The van der Waals surface area contributed by atoms with Gasteiger partial charge in [-0.2, -0.15) is 0 Å². The fourth-order valence-electron chi connectivity index (χ4n) is 4.35. The monoisotopic (exact) mass is 511 g/mol. The minimum absolute atomic E-state index is 0.00365. The van der Waals surface area contributed by atoms with E-state index in [4.69, 9.17) is 4.74 Å². The van der Waals surface area contributed by atoms with Gasteiger partial charge in [0.25, 0.3) is 0 Å². The van der Waals surface area contributed by atoms with Gasteiger partial charge in [-0.05, 0) is 42.4 Å². The van der Waals surface area contributed by atoms with Crippen LogP contribution in [-0.4, -0.2) is 76.0 Å². The standard InChI is InChI=1S/C23H25N7O3S2/c1-29(2)19(31)10-30(3)23(32)12-5-6-13-17(7-12)34-22-20(13)21(24-11-25-22)26-14-9-18-15(27-28-35-18)8-16(14)33-4/h8-9,11-12H,5-7,10H2,1-4H3,(H,24,25,26)/t12-/m0/s1. The third-order valence-corrected chi connectivity index (χ3v) is 8.11. The second kappa shape index (κ2) is 9.34. The van der Waals surface area contributed by atoms with Gasteiger partial charge >= 0.3 is 0 Å². The normalized spacial score (nSPS) is 15.1. The number of hydrogen-bond donors (Lipinski definition) is 1. The second-order valence-corrected chi connectivity index (χ2v) is 10.6. The predicted molar refractivity (Wildman–Crippen MR) is 137 cm³/mol. The Labute approximate surface area is 210 Å². The fraction of sp³-hybridized carbons (Fsp3) is 0.391. The second-order valence-electron chi connectivity index (χ2n) is 8.75. The Hall–Kier alpha value is -3.38. The molecule has 0 fully saturated rings. The average Bonchev–Trinajstić information content (AvgIpc) is 3.46. The highest BCUT2D eigenvalue weighted by Crippen LogP contribution is 2.42. The first kappa shape index (κ1) is 23.4. The maximum absolute atomic E-state index is 13.0. The van der Waals surface area contributed by atoms with Crippen molar-refractivity contribution in [1.29, 1.82) is 0 Å². The number of carbonyl (C=O) groups excluding carboxylic acids is 2. The molecule has 1 aliphatic rings. The van der Waals surface area contributed by atoms with Crippen molar-refractivity contribution in [2.24, 2.45) is 5.92 Å². The van der Waals surface area contributed by atoms with Crippen LogP contribution < -0.4 is 10.1 Å². The fourth-order valence-corrected chi connectivity index (χ4v) is 6.20. The van der Waals surface area contributed by atoms with E-state index in [2.05, 4.69) is 24.9 Å². The number of likely N-dealkylation sites (N-methyl/N-ethyl adjacent to an activating group) is 2. The van der Waals surface area contributed by atoms with Crippen LogP contribution in [0.2, 0.25) is 0 Å². The van der Waals surface area contributed by atoms with Crippen LogP contribution in [0.4, 0.5) is 11.5 Å². The van der Waals surface area contributed by atoms with Crippen LogP contribution in [0.15, 0.2) is 18.5 Å². The number of aryl methyl sites for hydroxylation is 1. The Bertz CT molecular complexity index is 1430. The number of thiophene rings is 1. The molecule has 3 aromatic heterocycles. The lowest BCUT2D eigenvalue weighted by molar-refractivity contribution is -0.140. The molecule has 12 heteroatoms. The van der Waals surface area contributed by atoms with Crippen LogP contribution in [0.1, 0.15) is 16.9 Å². The van der Waals surface area contributed by atoms with Gasteiger partial charge in [0.1, 0.15) is 28.2 Å². The van der Waals surface area contributed by atoms with Crippen LogP contribution in [0, 0.1) is 5.92 Å². The summed E-state index contributed by atoms with van der Waals surface area (Å²) in [5.74, 6) is 1.13. The van der Waals surface area contributed by atoms with Crippen molar-refractivity contribution in [2.75, 3.05) is 40.1 Å². The van der Waals surface area contributed by atoms with Crippen molar-refractivity contribution in [3.8, 4) is 5.75 Å². The Kier molecular flexibility index (Phi) is 6.24. The van der Waals surface area contributed by atoms with Crippen molar-refractivity contribution < 1.29 is 14.3 Å². The van der Waals surface area contributed by atoms with Crippen molar-refractivity contribution in [3.05, 3.63) is 28.9 Å². The summed E-state index contributed by atoms with van der Waals surface area (Å²) < 4.78 is 10.5. The molecule has 1 atom stereocenters. The summed E-state index contributed by atoms with van der Waals surface area (Å²) in [6.07, 6.45) is 3.65. The molecule has 10 nitrogen and oxygen atoms in total. The van der Waals surface area contributed by atoms with E-state index in [0.29, 0.717) is 24.4 Å². The van der Waals surface area contributed by atoms with Gasteiger partial charge in [-0.3, -0.25) is 9.59 Å². The number of carbonyl (C=O) groups is 2. The number of benzene rings is 1. The molecule has 0 aliphatic heterocycles. The molecule has 0 saturated heterocycles. The molecule has 4 aromatic rings. The number of nitrogens with one attached hydrogen (secondary N) is 1. The third-order valence-electron chi connectivity index (χ3n) is 6.26. The highest BCUT2D eigenvalue weighted by Gasteiger charge is 2.31. The maximum Gasteiger partial charge on any atom is 0.241 e. The maximum atomic E-state index is 13.0. The topological polar surface area (TPSA) is 113 Å². The summed E-state index contributed by atoms with van der Waals surface area (Å²) in [5.41, 5.74) is 2.75. The van der Waals surface area contributed by atoms with Crippen molar-refractivity contribution in [1.82, 2.24) is 29.4 Å². The largest absolute Gasteiger partial charge is 0.494 e. The highest BCUT2D eigenvalue weighted by atomic mass is 32.1.